The predicted molar refractivity (Wildman–Crippen MR) is 125 cm³/mol. The van der Waals surface area contributed by atoms with Gasteiger partial charge in [0.1, 0.15) is 11.6 Å². The van der Waals surface area contributed by atoms with Gasteiger partial charge in [-0.2, -0.15) is 0 Å². The molecule has 170 valence electrons. The SMILES string of the molecule is Cc1cccc(N=C(NC(=O)c2ccc(F)cc2)N2CCN(Cc3cccc(F)c3)CC2)c1. The highest BCUT2D eigenvalue weighted by Crippen LogP contribution is 2.16. The Hall–Kier alpha value is -3.58. The molecule has 0 saturated carbocycles. The van der Waals surface area contributed by atoms with Crippen LogP contribution in [0.25, 0.3) is 0 Å². The lowest BCUT2D eigenvalue weighted by atomic mass is 10.2. The zero-order valence-corrected chi connectivity index (χ0v) is 18.5. The van der Waals surface area contributed by atoms with Gasteiger partial charge in [0.05, 0.1) is 5.69 Å². The van der Waals surface area contributed by atoms with Gasteiger partial charge >= 0.3 is 0 Å². The van der Waals surface area contributed by atoms with Gasteiger partial charge in [-0.3, -0.25) is 15.0 Å². The van der Waals surface area contributed by atoms with E-state index in [-0.39, 0.29) is 11.7 Å². The van der Waals surface area contributed by atoms with Gasteiger partial charge in [0, 0.05) is 38.3 Å². The Balaban J connectivity index is 1.48. The molecule has 0 spiro atoms. The summed E-state index contributed by atoms with van der Waals surface area (Å²) in [7, 11) is 0. The highest BCUT2D eigenvalue weighted by molar-refractivity contribution is 6.06. The maximum absolute atomic E-state index is 13.5. The summed E-state index contributed by atoms with van der Waals surface area (Å²) in [6.07, 6.45) is 0. The molecular formula is C26H26F2N4O. The molecule has 5 nitrogen and oxygen atoms in total. The molecule has 0 aliphatic carbocycles. The topological polar surface area (TPSA) is 47.9 Å². The molecule has 3 aromatic rings. The van der Waals surface area contributed by atoms with E-state index in [0.717, 1.165) is 29.9 Å². The molecule has 0 aromatic heterocycles. The van der Waals surface area contributed by atoms with Crippen molar-refractivity contribution in [3.8, 4) is 0 Å². The van der Waals surface area contributed by atoms with Gasteiger partial charge < -0.3 is 4.90 Å². The van der Waals surface area contributed by atoms with Crippen molar-refractivity contribution in [2.24, 2.45) is 4.99 Å². The first-order valence-corrected chi connectivity index (χ1v) is 10.9. The second-order valence-corrected chi connectivity index (χ2v) is 8.13. The van der Waals surface area contributed by atoms with E-state index < -0.39 is 5.82 Å². The van der Waals surface area contributed by atoms with E-state index in [9.17, 15) is 13.6 Å². The molecular weight excluding hydrogens is 422 g/mol. The summed E-state index contributed by atoms with van der Waals surface area (Å²) in [5.74, 6) is -0.513. The zero-order chi connectivity index (χ0) is 23.2. The number of nitrogens with one attached hydrogen (secondary N) is 1. The summed E-state index contributed by atoms with van der Waals surface area (Å²) in [5.41, 5.74) is 3.10. The number of aliphatic imine (C=N–C) groups is 1. The molecule has 1 amide bonds. The minimum absolute atomic E-state index is 0.234. The van der Waals surface area contributed by atoms with Gasteiger partial charge in [-0.05, 0) is 66.6 Å². The lowest BCUT2D eigenvalue weighted by Crippen LogP contribution is -2.53. The number of hydrogen-bond acceptors (Lipinski definition) is 3. The minimum Gasteiger partial charge on any atom is -0.340 e. The average Bonchev–Trinajstić information content (AvgIpc) is 2.80. The van der Waals surface area contributed by atoms with Gasteiger partial charge in [-0.1, -0.05) is 24.3 Å². The van der Waals surface area contributed by atoms with Crippen LogP contribution < -0.4 is 5.32 Å². The number of guanidine groups is 1. The number of carbonyl (C=O) groups excluding carboxylic acids is 1. The van der Waals surface area contributed by atoms with Crippen molar-refractivity contribution >= 4 is 17.6 Å². The van der Waals surface area contributed by atoms with Crippen molar-refractivity contribution in [2.75, 3.05) is 26.2 Å². The summed E-state index contributed by atoms with van der Waals surface area (Å²) in [4.78, 5) is 21.8. The molecule has 1 aliphatic heterocycles. The maximum atomic E-state index is 13.5. The number of rotatable bonds is 4. The largest absolute Gasteiger partial charge is 0.340 e. The normalized spacial score (nSPS) is 14.9. The molecule has 1 saturated heterocycles. The second-order valence-electron chi connectivity index (χ2n) is 8.13. The molecule has 4 rings (SSSR count). The number of hydrogen-bond donors (Lipinski definition) is 1. The van der Waals surface area contributed by atoms with Gasteiger partial charge in [-0.25, -0.2) is 13.8 Å². The number of carbonyl (C=O) groups is 1. The van der Waals surface area contributed by atoms with Crippen molar-refractivity contribution < 1.29 is 13.6 Å². The molecule has 0 atom stereocenters. The second kappa shape index (κ2) is 10.4. The van der Waals surface area contributed by atoms with Crippen molar-refractivity contribution in [2.45, 2.75) is 13.5 Å². The average molecular weight is 449 g/mol. The van der Waals surface area contributed by atoms with Gasteiger partial charge in [0.15, 0.2) is 0 Å². The van der Waals surface area contributed by atoms with Crippen LogP contribution in [0, 0.1) is 18.6 Å². The summed E-state index contributed by atoms with van der Waals surface area (Å²) in [6.45, 7) is 5.46. The first kappa shape index (κ1) is 22.6. The van der Waals surface area contributed by atoms with E-state index in [1.54, 1.807) is 12.1 Å². The lowest BCUT2D eigenvalue weighted by molar-refractivity contribution is 0.0967. The predicted octanol–water partition coefficient (Wildman–Crippen LogP) is 4.51. The van der Waals surface area contributed by atoms with E-state index in [0.29, 0.717) is 31.2 Å². The third kappa shape index (κ3) is 6.23. The van der Waals surface area contributed by atoms with Crippen LogP contribution in [0.3, 0.4) is 0 Å². The standard InChI is InChI=1S/C26H26F2N4O/c1-19-4-2-7-24(16-19)29-26(30-25(33)21-8-10-22(27)11-9-21)32-14-12-31(13-15-32)18-20-5-3-6-23(28)17-20/h2-11,16-17H,12-15,18H2,1H3,(H,29,30,33). The van der Waals surface area contributed by atoms with E-state index in [1.165, 1.54) is 30.3 Å². The minimum atomic E-state index is -0.394. The van der Waals surface area contributed by atoms with Crippen LogP contribution in [0.5, 0.6) is 0 Å². The van der Waals surface area contributed by atoms with Crippen LogP contribution >= 0.6 is 0 Å². The maximum Gasteiger partial charge on any atom is 0.257 e. The number of piperazine rings is 1. The number of halogens is 2. The molecule has 1 heterocycles. The monoisotopic (exact) mass is 448 g/mol. The molecule has 0 bridgehead atoms. The van der Waals surface area contributed by atoms with Gasteiger partial charge in [-0.15, -0.1) is 0 Å². The quantitative estimate of drug-likeness (QED) is 0.472. The molecule has 1 N–H and O–H groups in total. The molecule has 1 fully saturated rings. The van der Waals surface area contributed by atoms with Crippen LogP contribution in [0.1, 0.15) is 21.5 Å². The summed E-state index contributed by atoms with van der Waals surface area (Å²) in [6, 6.07) is 19.8. The van der Waals surface area contributed by atoms with Crippen LogP contribution in [-0.2, 0) is 6.54 Å². The summed E-state index contributed by atoms with van der Waals surface area (Å²) >= 11 is 0. The fourth-order valence-corrected chi connectivity index (χ4v) is 3.78. The van der Waals surface area contributed by atoms with Crippen LogP contribution in [0.2, 0.25) is 0 Å². The first-order valence-electron chi connectivity index (χ1n) is 10.9. The third-order valence-corrected chi connectivity index (χ3v) is 5.54. The molecule has 7 heteroatoms. The molecule has 0 unspecified atom stereocenters. The highest BCUT2D eigenvalue weighted by Gasteiger charge is 2.22. The fourth-order valence-electron chi connectivity index (χ4n) is 3.78. The highest BCUT2D eigenvalue weighted by atomic mass is 19.1. The molecule has 3 aromatic carbocycles. The van der Waals surface area contributed by atoms with Gasteiger partial charge in [0.2, 0.25) is 5.96 Å². The lowest BCUT2D eigenvalue weighted by Gasteiger charge is -2.36. The molecule has 1 aliphatic rings. The van der Waals surface area contributed by atoms with E-state index in [4.69, 9.17) is 4.99 Å². The molecule has 33 heavy (non-hydrogen) atoms. The number of nitrogens with zero attached hydrogens (tertiary/aromatic N) is 3. The van der Waals surface area contributed by atoms with Crippen molar-refractivity contribution in [3.05, 3.63) is 101 Å². The number of amides is 1. The summed E-state index contributed by atoms with van der Waals surface area (Å²) < 4.78 is 26.8. The Morgan fingerprint density at radius 1 is 0.909 bits per heavy atom. The first-order chi connectivity index (χ1) is 16.0. The smallest absolute Gasteiger partial charge is 0.257 e. The van der Waals surface area contributed by atoms with Gasteiger partial charge in [0.25, 0.3) is 5.91 Å². The Kier molecular flexibility index (Phi) is 7.10. The Morgan fingerprint density at radius 2 is 1.64 bits per heavy atom. The summed E-state index contributed by atoms with van der Waals surface area (Å²) in [5, 5.41) is 2.91. The Bertz CT molecular complexity index is 1140. The third-order valence-electron chi connectivity index (χ3n) is 5.54. The Morgan fingerprint density at radius 3 is 2.33 bits per heavy atom. The van der Waals surface area contributed by atoms with Crippen molar-refractivity contribution in [1.29, 1.82) is 0 Å². The van der Waals surface area contributed by atoms with E-state index in [2.05, 4.69) is 10.2 Å². The van der Waals surface area contributed by atoms with Crippen molar-refractivity contribution in [3.63, 3.8) is 0 Å². The number of benzene rings is 3. The molecule has 0 radical (unpaired) electrons. The Labute approximate surface area is 192 Å². The van der Waals surface area contributed by atoms with E-state index in [1.807, 2.05) is 42.2 Å². The van der Waals surface area contributed by atoms with Crippen LogP contribution in [-0.4, -0.2) is 47.8 Å². The number of aryl methyl sites for hydroxylation is 1. The van der Waals surface area contributed by atoms with Crippen LogP contribution in [0.4, 0.5) is 14.5 Å². The zero-order valence-electron chi connectivity index (χ0n) is 18.5. The van der Waals surface area contributed by atoms with Crippen LogP contribution in [0.15, 0.2) is 77.8 Å². The van der Waals surface area contributed by atoms with Crippen molar-refractivity contribution in [1.82, 2.24) is 15.1 Å². The van der Waals surface area contributed by atoms with E-state index >= 15 is 0 Å². The fraction of sp³-hybridized carbons (Fsp3) is 0.231.